The molecule has 2 atom stereocenters. The SMILES string of the molecule is CCC1CCCCC1C1(C(=O)O)CCOCC1. The molecule has 0 bridgehead atoms. The summed E-state index contributed by atoms with van der Waals surface area (Å²) in [4.78, 5) is 11.8. The van der Waals surface area contributed by atoms with Crippen molar-refractivity contribution in [3.63, 3.8) is 0 Å². The Kier molecular flexibility index (Phi) is 4.08. The maximum absolute atomic E-state index is 11.8. The highest BCUT2D eigenvalue weighted by Gasteiger charge is 2.49. The second kappa shape index (κ2) is 5.38. The van der Waals surface area contributed by atoms with Crippen molar-refractivity contribution in [2.24, 2.45) is 17.3 Å². The van der Waals surface area contributed by atoms with Crippen molar-refractivity contribution >= 4 is 5.97 Å². The lowest BCUT2D eigenvalue weighted by atomic mass is 9.60. The molecule has 3 nitrogen and oxygen atoms in total. The third-order valence-corrected chi connectivity index (χ3v) is 4.95. The lowest BCUT2D eigenvalue weighted by molar-refractivity contribution is -0.164. The van der Waals surface area contributed by atoms with E-state index in [2.05, 4.69) is 6.92 Å². The van der Waals surface area contributed by atoms with E-state index in [-0.39, 0.29) is 0 Å². The lowest BCUT2D eigenvalue weighted by Gasteiger charge is -2.45. The number of carboxylic acid groups (broad SMARTS) is 1. The summed E-state index contributed by atoms with van der Waals surface area (Å²) in [6.07, 6.45) is 7.35. The average molecular weight is 240 g/mol. The van der Waals surface area contributed by atoms with Gasteiger partial charge in [-0.2, -0.15) is 0 Å². The van der Waals surface area contributed by atoms with Gasteiger partial charge in [0.1, 0.15) is 0 Å². The molecule has 0 aromatic rings. The van der Waals surface area contributed by atoms with Gasteiger partial charge in [-0.3, -0.25) is 4.79 Å². The zero-order valence-electron chi connectivity index (χ0n) is 10.8. The van der Waals surface area contributed by atoms with Crippen molar-refractivity contribution in [1.29, 1.82) is 0 Å². The largest absolute Gasteiger partial charge is 0.481 e. The number of ether oxygens (including phenoxy) is 1. The van der Waals surface area contributed by atoms with Crippen LogP contribution in [0.2, 0.25) is 0 Å². The smallest absolute Gasteiger partial charge is 0.310 e. The van der Waals surface area contributed by atoms with Gasteiger partial charge in [-0.1, -0.05) is 32.6 Å². The summed E-state index contributed by atoms with van der Waals surface area (Å²) in [5.74, 6) is 0.409. The van der Waals surface area contributed by atoms with Crippen molar-refractivity contribution in [1.82, 2.24) is 0 Å². The molecule has 1 aliphatic carbocycles. The Labute approximate surface area is 104 Å². The Morgan fingerprint density at radius 3 is 2.53 bits per heavy atom. The van der Waals surface area contributed by atoms with Crippen LogP contribution in [0.25, 0.3) is 0 Å². The normalized spacial score (nSPS) is 33.2. The summed E-state index contributed by atoms with van der Waals surface area (Å²) in [6.45, 7) is 3.45. The fraction of sp³-hybridized carbons (Fsp3) is 0.929. The fourth-order valence-electron chi connectivity index (χ4n) is 3.90. The molecule has 2 aliphatic rings. The molecule has 1 aliphatic heterocycles. The van der Waals surface area contributed by atoms with Gasteiger partial charge in [0.15, 0.2) is 0 Å². The Balaban J connectivity index is 2.21. The molecular weight excluding hydrogens is 216 g/mol. The zero-order chi connectivity index (χ0) is 12.3. The molecular formula is C14H24O3. The van der Waals surface area contributed by atoms with Gasteiger partial charge in [-0.15, -0.1) is 0 Å². The Bertz CT molecular complexity index is 269. The van der Waals surface area contributed by atoms with E-state index in [0.717, 1.165) is 12.8 Å². The number of carbonyl (C=O) groups is 1. The molecule has 0 aromatic carbocycles. The van der Waals surface area contributed by atoms with E-state index in [0.29, 0.717) is 37.9 Å². The first-order valence-electron chi connectivity index (χ1n) is 7.02. The molecule has 1 saturated heterocycles. The number of hydrogen-bond donors (Lipinski definition) is 1. The minimum atomic E-state index is -0.578. The minimum absolute atomic E-state index is 0.377. The average Bonchev–Trinajstić information content (AvgIpc) is 2.39. The van der Waals surface area contributed by atoms with Crippen molar-refractivity contribution < 1.29 is 14.6 Å². The molecule has 3 heteroatoms. The van der Waals surface area contributed by atoms with Gasteiger partial charge in [0.05, 0.1) is 5.41 Å². The highest BCUT2D eigenvalue weighted by molar-refractivity contribution is 5.75. The topological polar surface area (TPSA) is 46.5 Å². The van der Waals surface area contributed by atoms with Crippen LogP contribution >= 0.6 is 0 Å². The highest BCUT2D eigenvalue weighted by Crippen LogP contribution is 2.49. The molecule has 1 heterocycles. The van der Waals surface area contributed by atoms with Crippen LogP contribution in [0.4, 0.5) is 0 Å². The van der Waals surface area contributed by atoms with Crippen molar-refractivity contribution in [2.45, 2.75) is 51.9 Å². The Morgan fingerprint density at radius 2 is 1.94 bits per heavy atom. The van der Waals surface area contributed by atoms with Crippen LogP contribution in [0.3, 0.4) is 0 Å². The summed E-state index contributed by atoms with van der Waals surface area (Å²) in [6, 6.07) is 0. The molecule has 2 rings (SSSR count). The predicted octanol–water partition coefficient (Wildman–Crippen LogP) is 3.08. The van der Waals surface area contributed by atoms with Crippen LogP contribution in [0.5, 0.6) is 0 Å². The van der Waals surface area contributed by atoms with Crippen molar-refractivity contribution in [3.8, 4) is 0 Å². The Morgan fingerprint density at radius 1 is 1.29 bits per heavy atom. The first-order valence-corrected chi connectivity index (χ1v) is 7.02. The first-order chi connectivity index (χ1) is 8.20. The zero-order valence-corrected chi connectivity index (χ0v) is 10.8. The lowest BCUT2D eigenvalue weighted by Crippen LogP contribution is -2.47. The van der Waals surface area contributed by atoms with Crippen LogP contribution < -0.4 is 0 Å². The van der Waals surface area contributed by atoms with Crippen LogP contribution in [0.15, 0.2) is 0 Å². The van der Waals surface area contributed by atoms with Gasteiger partial charge >= 0.3 is 5.97 Å². The molecule has 2 fully saturated rings. The van der Waals surface area contributed by atoms with Gasteiger partial charge in [-0.05, 0) is 31.1 Å². The van der Waals surface area contributed by atoms with Crippen LogP contribution in [-0.4, -0.2) is 24.3 Å². The third-order valence-electron chi connectivity index (χ3n) is 4.95. The quantitative estimate of drug-likeness (QED) is 0.824. The van der Waals surface area contributed by atoms with Crippen molar-refractivity contribution in [2.75, 3.05) is 13.2 Å². The molecule has 17 heavy (non-hydrogen) atoms. The second-order valence-electron chi connectivity index (χ2n) is 5.63. The number of carboxylic acids is 1. The molecule has 1 N–H and O–H groups in total. The summed E-state index contributed by atoms with van der Waals surface area (Å²) in [5, 5.41) is 9.70. The van der Waals surface area contributed by atoms with Crippen LogP contribution in [-0.2, 0) is 9.53 Å². The molecule has 2 unspecified atom stereocenters. The van der Waals surface area contributed by atoms with Gasteiger partial charge < -0.3 is 9.84 Å². The fourth-order valence-corrected chi connectivity index (χ4v) is 3.90. The summed E-state index contributed by atoms with van der Waals surface area (Å²) in [5.41, 5.74) is -0.487. The summed E-state index contributed by atoms with van der Waals surface area (Å²) in [7, 11) is 0. The molecule has 1 saturated carbocycles. The summed E-state index contributed by atoms with van der Waals surface area (Å²) >= 11 is 0. The first kappa shape index (κ1) is 12.9. The van der Waals surface area contributed by atoms with Crippen LogP contribution in [0, 0.1) is 17.3 Å². The third kappa shape index (κ3) is 2.35. The molecule has 0 amide bonds. The number of aliphatic carboxylic acids is 1. The molecule has 0 aromatic heterocycles. The molecule has 0 radical (unpaired) electrons. The monoisotopic (exact) mass is 240 g/mol. The number of hydrogen-bond acceptors (Lipinski definition) is 2. The van der Waals surface area contributed by atoms with E-state index >= 15 is 0 Å². The summed E-state index contributed by atoms with van der Waals surface area (Å²) < 4.78 is 5.37. The molecule has 0 spiro atoms. The van der Waals surface area contributed by atoms with E-state index < -0.39 is 11.4 Å². The van der Waals surface area contributed by atoms with Gasteiger partial charge in [-0.25, -0.2) is 0 Å². The van der Waals surface area contributed by atoms with E-state index in [1.807, 2.05) is 0 Å². The van der Waals surface area contributed by atoms with E-state index in [9.17, 15) is 9.90 Å². The van der Waals surface area contributed by atoms with E-state index in [1.54, 1.807) is 0 Å². The maximum Gasteiger partial charge on any atom is 0.310 e. The second-order valence-corrected chi connectivity index (χ2v) is 5.63. The van der Waals surface area contributed by atoms with Crippen LogP contribution in [0.1, 0.15) is 51.9 Å². The highest BCUT2D eigenvalue weighted by atomic mass is 16.5. The molecule has 98 valence electrons. The van der Waals surface area contributed by atoms with Gasteiger partial charge in [0.2, 0.25) is 0 Å². The number of rotatable bonds is 3. The van der Waals surface area contributed by atoms with E-state index in [1.165, 1.54) is 19.3 Å². The Hall–Kier alpha value is -0.570. The minimum Gasteiger partial charge on any atom is -0.481 e. The van der Waals surface area contributed by atoms with Gasteiger partial charge in [0.25, 0.3) is 0 Å². The van der Waals surface area contributed by atoms with Gasteiger partial charge in [0, 0.05) is 13.2 Å². The van der Waals surface area contributed by atoms with E-state index in [4.69, 9.17) is 4.74 Å². The standard InChI is InChI=1S/C14H24O3/c1-2-11-5-3-4-6-12(11)14(13(15)16)7-9-17-10-8-14/h11-12H,2-10H2,1H3,(H,15,16). The van der Waals surface area contributed by atoms with Crippen molar-refractivity contribution in [3.05, 3.63) is 0 Å². The maximum atomic E-state index is 11.8. The predicted molar refractivity (Wildman–Crippen MR) is 65.9 cm³/mol.